The van der Waals surface area contributed by atoms with Crippen molar-refractivity contribution < 1.29 is 0 Å². The van der Waals surface area contributed by atoms with Crippen molar-refractivity contribution in [2.24, 2.45) is 0 Å². The van der Waals surface area contributed by atoms with Crippen LogP contribution < -0.4 is 5.56 Å². The van der Waals surface area contributed by atoms with E-state index in [4.69, 9.17) is 0 Å². The van der Waals surface area contributed by atoms with Crippen LogP contribution in [0.1, 0.15) is 11.5 Å². The van der Waals surface area contributed by atoms with Gasteiger partial charge in [-0.15, -0.1) is 11.8 Å². The summed E-state index contributed by atoms with van der Waals surface area (Å²) in [6.07, 6.45) is 3.15. The summed E-state index contributed by atoms with van der Waals surface area (Å²) in [5.41, 5.74) is 1.33. The van der Waals surface area contributed by atoms with Crippen LogP contribution in [0.4, 0.5) is 0 Å². The molecule has 2 heterocycles. The maximum atomic E-state index is 11.9. The first-order valence-electron chi connectivity index (χ1n) is 5.67. The zero-order valence-electron chi connectivity index (χ0n) is 9.54. The number of thioether (sulfide) groups is 1. The van der Waals surface area contributed by atoms with E-state index >= 15 is 0 Å². The van der Waals surface area contributed by atoms with Gasteiger partial charge >= 0.3 is 0 Å². The van der Waals surface area contributed by atoms with E-state index in [1.165, 1.54) is 16.7 Å². The molecule has 2 aromatic rings. The molecule has 0 saturated heterocycles. The van der Waals surface area contributed by atoms with Crippen molar-refractivity contribution in [1.82, 2.24) is 9.55 Å². The molecule has 1 aliphatic rings. The van der Waals surface area contributed by atoms with Crippen molar-refractivity contribution in [3.05, 3.63) is 57.2 Å². The number of hydrogen-bond donors (Lipinski definition) is 0. The lowest BCUT2D eigenvalue weighted by Crippen LogP contribution is -2.23. The average Bonchev–Trinajstić information content (AvgIpc) is 2.79. The Bertz CT molecular complexity index is 641. The monoisotopic (exact) mass is 322 g/mol. The highest BCUT2D eigenvalue weighted by molar-refractivity contribution is 9.10. The minimum atomic E-state index is -0.0145. The van der Waals surface area contributed by atoms with Gasteiger partial charge in [0.25, 0.3) is 5.56 Å². The Morgan fingerprint density at radius 2 is 2.28 bits per heavy atom. The molecule has 1 aromatic heterocycles. The quantitative estimate of drug-likeness (QED) is 0.852. The third-order valence-corrected chi connectivity index (χ3v) is 4.87. The van der Waals surface area contributed by atoms with Crippen LogP contribution in [0.3, 0.4) is 0 Å². The maximum absolute atomic E-state index is 11.9. The number of aromatic nitrogens is 2. The molecule has 92 valence electrons. The minimum Gasteiger partial charge on any atom is -0.298 e. The molecule has 5 heteroatoms. The summed E-state index contributed by atoms with van der Waals surface area (Å²) in [7, 11) is 0. The molecule has 0 aliphatic carbocycles. The highest BCUT2D eigenvalue weighted by Gasteiger charge is 2.23. The van der Waals surface area contributed by atoms with E-state index < -0.39 is 0 Å². The van der Waals surface area contributed by atoms with Gasteiger partial charge < -0.3 is 0 Å². The van der Waals surface area contributed by atoms with Crippen LogP contribution in [0.25, 0.3) is 0 Å². The van der Waals surface area contributed by atoms with Crippen LogP contribution in [-0.2, 0) is 6.54 Å². The zero-order chi connectivity index (χ0) is 12.5. The Morgan fingerprint density at radius 3 is 3.17 bits per heavy atom. The fraction of sp³-hybridized carbons (Fsp3) is 0.231. The first-order valence-corrected chi connectivity index (χ1v) is 7.45. The molecule has 1 atom stereocenters. The fourth-order valence-electron chi connectivity index (χ4n) is 2.17. The van der Waals surface area contributed by atoms with Gasteiger partial charge in [-0.2, -0.15) is 0 Å². The van der Waals surface area contributed by atoms with E-state index in [-0.39, 0.29) is 5.56 Å². The molecule has 0 bridgehead atoms. The SMILES string of the molecule is O=c1c(Br)cncn1CC1CSc2ccccc21. The summed E-state index contributed by atoms with van der Waals surface area (Å²) in [6.45, 7) is 0.690. The highest BCUT2D eigenvalue weighted by atomic mass is 79.9. The maximum Gasteiger partial charge on any atom is 0.267 e. The summed E-state index contributed by atoms with van der Waals surface area (Å²) in [6, 6.07) is 8.40. The summed E-state index contributed by atoms with van der Waals surface area (Å²) < 4.78 is 2.20. The van der Waals surface area contributed by atoms with Gasteiger partial charge in [0.15, 0.2) is 0 Å². The first kappa shape index (κ1) is 12.0. The number of benzene rings is 1. The molecule has 0 N–H and O–H groups in total. The molecule has 3 nitrogen and oxygen atoms in total. The molecule has 0 amide bonds. The smallest absolute Gasteiger partial charge is 0.267 e. The van der Waals surface area contributed by atoms with Gasteiger partial charge in [-0.05, 0) is 27.6 Å². The van der Waals surface area contributed by atoms with E-state index in [0.29, 0.717) is 16.9 Å². The molecule has 3 rings (SSSR count). The topological polar surface area (TPSA) is 34.9 Å². The lowest BCUT2D eigenvalue weighted by Gasteiger charge is -2.12. The molecule has 1 unspecified atom stereocenters. The Kier molecular flexibility index (Phi) is 3.26. The standard InChI is InChI=1S/C13H11BrN2OS/c14-11-5-15-8-16(13(11)17)6-9-7-18-12-4-2-1-3-10(9)12/h1-5,8-9H,6-7H2. The van der Waals surface area contributed by atoms with E-state index in [9.17, 15) is 4.79 Å². The molecule has 1 aliphatic heterocycles. The predicted octanol–water partition coefficient (Wildman–Crippen LogP) is 2.90. The Balaban J connectivity index is 1.91. The van der Waals surface area contributed by atoms with Gasteiger partial charge in [0.05, 0.1) is 6.33 Å². The van der Waals surface area contributed by atoms with E-state index in [2.05, 4.69) is 45.2 Å². The van der Waals surface area contributed by atoms with Crippen LogP contribution >= 0.6 is 27.7 Å². The number of fused-ring (bicyclic) bond motifs is 1. The average molecular weight is 323 g/mol. The number of nitrogens with zero attached hydrogens (tertiary/aromatic N) is 2. The molecular formula is C13H11BrN2OS. The van der Waals surface area contributed by atoms with Crippen LogP contribution in [0.5, 0.6) is 0 Å². The first-order chi connectivity index (χ1) is 8.75. The van der Waals surface area contributed by atoms with E-state index in [1.54, 1.807) is 10.9 Å². The van der Waals surface area contributed by atoms with Crippen LogP contribution in [0.15, 0.2) is 51.0 Å². The summed E-state index contributed by atoms with van der Waals surface area (Å²) >= 11 is 5.08. The van der Waals surface area contributed by atoms with Crippen LogP contribution in [0.2, 0.25) is 0 Å². The zero-order valence-corrected chi connectivity index (χ0v) is 11.9. The molecule has 0 radical (unpaired) electrons. The van der Waals surface area contributed by atoms with Crippen molar-refractivity contribution in [1.29, 1.82) is 0 Å². The second-order valence-electron chi connectivity index (χ2n) is 4.24. The lowest BCUT2D eigenvalue weighted by atomic mass is 10.0. The van der Waals surface area contributed by atoms with Crippen molar-refractivity contribution >= 4 is 27.7 Å². The number of rotatable bonds is 2. The molecule has 0 saturated carbocycles. The van der Waals surface area contributed by atoms with E-state index in [0.717, 1.165) is 5.75 Å². The Hall–Kier alpha value is -1.07. The number of halogens is 1. The second-order valence-corrected chi connectivity index (χ2v) is 6.16. The van der Waals surface area contributed by atoms with Gasteiger partial charge in [0, 0.05) is 29.3 Å². The van der Waals surface area contributed by atoms with Gasteiger partial charge in [0.2, 0.25) is 0 Å². The minimum absolute atomic E-state index is 0.0145. The molecular weight excluding hydrogens is 312 g/mol. The Morgan fingerprint density at radius 1 is 1.44 bits per heavy atom. The van der Waals surface area contributed by atoms with Crippen molar-refractivity contribution in [3.8, 4) is 0 Å². The number of hydrogen-bond acceptors (Lipinski definition) is 3. The second kappa shape index (κ2) is 4.90. The van der Waals surface area contributed by atoms with Crippen LogP contribution in [0, 0.1) is 0 Å². The largest absolute Gasteiger partial charge is 0.298 e. The van der Waals surface area contributed by atoms with Crippen molar-refractivity contribution in [3.63, 3.8) is 0 Å². The third kappa shape index (κ3) is 2.12. The van der Waals surface area contributed by atoms with E-state index in [1.807, 2.05) is 11.8 Å². The summed E-state index contributed by atoms with van der Waals surface area (Å²) in [4.78, 5) is 17.3. The van der Waals surface area contributed by atoms with Crippen molar-refractivity contribution in [2.45, 2.75) is 17.4 Å². The van der Waals surface area contributed by atoms with Crippen LogP contribution in [-0.4, -0.2) is 15.3 Å². The normalized spacial score (nSPS) is 17.7. The lowest BCUT2D eigenvalue weighted by molar-refractivity contribution is 0.576. The van der Waals surface area contributed by atoms with Gasteiger partial charge in [0.1, 0.15) is 4.47 Å². The molecule has 0 spiro atoms. The summed E-state index contributed by atoms with van der Waals surface area (Å²) in [5.74, 6) is 1.41. The molecule has 1 aromatic carbocycles. The van der Waals surface area contributed by atoms with Gasteiger partial charge in [-0.1, -0.05) is 18.2 Å². The fourth-order valence-corrected chi connectivity index (χ4v) is 3.76. The van der Waals surface area contributed by atoms with Gasteiger partial charge in [-0.25, -0.2) is 4.98 Å². The molecule has 18 heavy (non-hydrogen) atoms. The van der Waals surface area contributed by atoms with Crippen molar-refractivity contribution in [2.75, 3.05) is 5.75 Å². The predicted molar refractivity (Wildman–Crippen MR) is 76.1 cm³/mol. The molecule has 0 fully saturated rings. The highest BCUT2D eigenvalue weighted by Crippen LogP contribution is 2.39. The van der Waals surface area contributed by atoms with Gasteiger partial charge in [-0.3, -0.25) is 9.36 Å². The summed E-state index contributed by atoms with van der Waals surface area (Å²) in [5, 5.41) is 0. The Labute approximate surface area is 117 Å². The third-order valence-electron chi connectivity index (χ3n) is 3.08.